The first-order valence-electron chi connectivity index (χ1n) is 5.06. The zero-order chi connectivity index (χ0) is 12.3. The van der Waals surface area contributed by atoms with Gasteiger partial charge in [0.05, 0.1) is 5.56 Å². The molecule has 1 heterocycles. The van der Waals surface area contributed by atoms with E-state index in [9.17, 15) is 4.39 Å². The molecule has 0 spiro atoms. The minimum absolute atomic E-state index is 0.256. The van der Waals surface area contributed by atoms with E-state index >= 15 is 0 Å². The Hall–Kier alpha value is -1.66. The van der Waals surface area contributed by atoms with E-state index in [-0.39, 0.29) is 5.82 Å². The van der Waals surface area contributed by atoms with E-state index in [1.165, 1.54) is 12.1 Å². The molecule has 0 aliphatic rings. The number of benzene rings is 1. The van der Waals surface area contributed by atoms with Crippen LogP contribution in [0.25, 0.3) is 0 Å². The van der Waals surface area contributed by atoms with Crippen LogP contribution >= 0.6 is 15.9 Å². The van der Waals surface area contributed by atoms with Crippen LogP contribution in [0.2, 0.25) is 0 Å². The minimum Gasteiger partial charge on any atom is -0.245 e. The van der Waals surface area contributed by atoms with Crippen LogP contribution in [0.15, 0.2) is 41.0 Å². The first-order valence-corrected chi connectivity index (χ1v) is 5.85. The van der Waals surface area contributed by atoms with Gasteiger partial charge in [0, 0.05) is 11.3 Å². The zero-order valence-corrected chi connectivity index (χ0v) is 10.8. The van der Waals surface area contributed by atoms with E-state index in [2.05, 4.69) is 32.8 Å². The van der Waals surface area contributed by atoms with Gasteiger partial charge in [-0.2, -0.15) is 0 Å². The van der Waals surface area contributed by atoms with Crippen molar-refractivity contribution in [3.05, 3.63) is 63.6 Å². The fourth-order valence-corrected chi connectivity index (χ4v) is 1.80. The molecule has 0 amide bonds. The summed E-state index contributed by atoms with van der Waals surface area (Å²) in [6, 6.07) is 9.90. The highest BCUT2D eigenvalue weighted by molar-refractivity contribution is 9.10. The van der Waals surface area contributed by atoms with E-state index < -0.39 is 0 Å². The third kappa shape index (κ3) is 3.15. The number of halogens is 2. The van der Waals surface area contributed by atoms with Crippen LogP contribution in [0.3, 0.4) is 0 Å². The van der Waals surface area contributed by atoms with Gasteiger partial charge in [0.1, 0.15) is 10.4 Å². The standard InChI is InChI=1S/C14H9BrFN/c1-10-2-6-12(14(15)17-10)7-3-11-4-8-13(16)9-5-11/h2,4-6,8-9H,1H3. The Morgan fingerprint density at radius 2 is 1.76 bits per heavy atom. The average Bonchev–Trinajstić information content (AvgIpc) is 2.30. The molecule has 84 valence electrons. The average molecular weight is 290 g/mol. The van der Waals surface area contributed by atoms with Crippen molar-refractivity contribution in [1.82, 2.24) is 4.98 Å². The number of pyridine rings is 1. The highest BCUT2D eigenvalue weighted by Crippen LogP contribution is 2.13. The Labute approximate surface area is 108 Å². The first-order chi connectivity index (χ1) is 8.15. The molecular weight excluding hydrogens is 281 g/mol. The summed E-state index contributed by atoms with van der Waals surface area (Å²) in [6.07, 6.45) is 0. The SMILES string of the molecule is Cc1ccc(C#Cc2ccc(F)cc2)c(Br)n1. The second kappa shape index (κ2) is 5.11. The van der Waals surface area contributed by atoms with Crippen molar-refractivity contribution in [2.45, 2.75) is 6.92 Å². The summed E-state index contributed by atoms with van der Waals surface area (Å²) in [5, 5.41) is 0. The van der Waals surface area contributed by atoms with Gasteiger partial charge in [0.2, 0.25) is 0 Å². The second-order valence-electron chi connectivity index (χ2n) is 3.55. The smallest absolute Gasteiger partial charge is 0.123 e. The molecule has 1 aromatic carbocycles. The number of hydrogen-bond donors (Lipinski definition) is 0. The van der Waals surface area contributed by atoms with Crippen molar-refractivity contribution in [3.63, 3.8) is 0 Å². The summed E-state index contributed by atoms with van der Waals surface area (Å²) in [5.41, 5.74) is 2.53. The van der Waals surface area contributed by atoms with Gasteiger partial charge >= 0.3 is 0 Å². The molecule has 0 N–H and O–H groups in total. The normalized spacial score (nSPS) is 9.59. The number of aromatic nitrogens is 1. The molecule has 0 fully saturated rings. The highest BCUT2D eigenvalue weighted by atomic mass is 79.9. The van der Waals surface area contributed by atoms with Gasteiger partial charge in [-0.05, 0) is 59.3 Å². The van der Waals surface area contributed by atoms with Crippen LogP contribution in [0.1, 0.15) is 16.8 Å². The summed E-state index contributed by atoms with van der Waals surface area (Å²) in [5.74, 6) is 5.70. The monoisotopic (exact) mass is 289 g/mol. The van der Waals surface area contributed by atoms with Gasteiger partial charge in [0.25, 0.3) is 0 Å². The molecule has 0 radical (unpaired) electrons. The van der Waals surface area contributed by atoms with E-state index in [1.54, 1.807) is 12.1 Å². The lowest BCUT2D eigenvalue weighted by atomic mass is 10.2. The van der Waals surface area contributed by atoms with Crippen molar-refractivity contribution in [2.75, 3.05) is 0 Å². The van der Waals surface area contributed by atoms with Gasteiger partial charge in [-0.15, -0.1) is 0 Å². The lowest BCUT2D eigenvalue weighted by Gasteiger charge is -1.96. The largest absolute Gasteiger partial charge is 0.245 e. The third-order valence-electron chi connectivity index (χ3n) is 2.17. The van der Waals surface area contributed by atoms with Crippen LogP contribution in [0.4, 0.5) is 4.39 Å². The van der Waals surface area contributed by atoms with Gasteiger partial charge in [-0.1, -0.05) is 11.8 Å². The predicted molar refractivity (Wildman–Crippen MR) is 69.1 cm³/mol. The Balaban J connectivity index is 2.29. The van der Waals surface area contributed by atoms with Crippen LogP contribution in [0.5, 0.6) is 0 Å². The van der Waals surface area contributed by atoms with Crippen LogP contribution in [-0.4, -0.2) is 4.98 Å². The molecule has 0 aliphatic heterocycles. The maximum atomic E-state index is 12.7. The van der Waals surface area contributed by atoms with E-state index in [1.807, 2.05) is 19.1 Å². The summed E-state index contributed by atoms with van der Waals surface area (Å²) >= 11 is 3.36. The van der Waals surface area contributed by atoms with Gasteiger partial charge in [0.15, 0.2) is 0 Å². The maximum Gasteiger partial charge on any atom is 0.123 e. The first kappa shape index (κ1) is 11.8. The molecular formula is C14H9BrFN. The Morgan fingerprint density at radius 3 is 2.41 bits per heavy atom. The van der Waals surface area contributed by atoms with E-state index in [0.29, 0.717) is 0 Å². The number of nitrogens with zero attached hydrogens (tertiary/aromatic N) is 1. The Kier molecular flexibility index (Phi) is 3.55. The van der Waals surface area contributed by atoms with Crippen molar-refractivity contribution >= 4 is 15.9 Å². The maximum absolute atomic E-state index is 12.7. The number of rotatable bonds is 0. The molecule has 0 bridgehead atoms. The molecule has 1 nitrogen and oxygen atoms in total. The molecule has 0 aliphatic carbocycles. The van der Waals surface area contributed by atoms with E-state index in [4.69, 9.17) is 0 Å². The fourth-order valence-electron chi connectivity index (χ4n) is 1.29. The highest BCUT2D eigenvalue weighted by Gasteiger charge is 1.97. The lowest BCUT2D eigenvalue weighted by molar-refractivity contribution is 0.627. The van der Waals surface area contributed by atoms with Gasteiger partial charge in [-0.25, -0.2) is 9.37 Å². The van der Waals surface area contributed by atoms with Gasteiger partial charge in [-0.3, -0.25) is 0 Å². The predicted octanol–water partition coefficient (Wildman–Crippen LogP) is 3.69. The molecule has 0 saturated heterocycles. The minimum atomic E-state index is -0.256. The summed E-state index contributed by atoms with van der Waals surface area (Å²) in [6.45, 7) is 1.92. The van der Waals surface area contributed by atoms with Crippen molar-refractivity contribution < 1.29 is 4.39 Å². The summed E-state index contributed by atoms with van der Waals surface area (Å²) in [7, 11) is 0. The zero-order valence-electron chi connectivity index (χ0n) is 9.17. The molecule has 2 rings (SSSR count). The fraction of sp³-hybridized carbons (Fsp3) is 0.0714. The van der Waals surface area contributed by atoms with Crippen LogP contribution < -0.4 is 0 Å². The Bertz CT molecular complexity index is 594. The van der Waals surface area contributed by atoms with Crippen molar-refractivity contribution in [1.29, 1.82) is 0 Å². The second-order valence-corrected chi connectivity index (χ2v) is 4.30. The molecule has 0 saturated carbocycles. The van der Waals surface area contributed by atoms with Gasteiger partial charge < -0.3 is 0 Å². The molecule has 2 aromatic rings. The summed E-state index contributed by atoms with van der Waals surface area (Å²) in [4.78, 5) is 4.25. The third-order valence-corrected chi connectivity index (χ3v) is 2.78. The number of aryl methyl sites for hydroxylation is 1. The quantitative estimate of drug-likeness (QED) is 0.532. The van der Waals surface area contributed by atoms with Crippen molar-refractivity contribution in [3.8, 4) is 11.8 Å². The molecule has 17 heavy (non-hydrogen) atoms. The molecule has 0 unspecified atom stereocenters. The van der Waals surface area contributed by atoms with Crippen molar-refractivity contribution in [2.24, 2.45) is 0 Å². The molecule has 3 heteroatoms. The lowest BCUT2D eigenvalue weighted by Crippen LogP contribution is -1.86. The van der Waals surface area contributed by atoms with Crippen LogP contribution in [-0.2, 0) is 0 Å². The summed E-state index contributed by atoms with van der Waals surface area (Å²) < 4.78 is 13.4. The van der Waals surface area contributed by atoms with E-state index in [0.717, 1.165) is 21.4 Å². The van der Waals surface area contributed by atoms with Crippen LogP contribution in [0, 0.1) is 24.6 Å². The molecule has 1 aromatic heterocycles. The number of hydrogen-bond acceptors (Lipinski definition) is 1. The molecule has 0 atom stereocenters. The Morgan fingerprint density at radius 1 is 1.06 bits per heavy atom. The topological polar surface area (TPSA) is 12.9 Å².